The van der Waals surface area contributed by atoms with Crippen molar-refractivity contribution in [2.45, 2.75) is 25.9 Å². The van der Waals surface area contributed by atoms with Crippen LogP contribution in [0.5, 0.6) is 5.75 Å². The summed E-state index contributed by atoms with van der Waals surface area (Å²) in [5.41, 5.74) is 5.96. The Balaban J connectivity index is 1.30. The van der Waals surface area contributed by atoms with Gasteiger partial charge in [0, 0.05) is 0 Å². The van der Waals surface area contributed by atoms with Crippen LogP contribution in [0.2, 0.25) is 0 Å². The summed E-state index contributed by atoms with van der Waals surface area (Å²) in [6, 6.07) is 33.8. The van der Waals surface area contributed by atoms with Crippen molar-refractivity contribution < 1.29 is 9.13 Å². The normalized spacial score (nSPS) is 12.1. The summed E-state index contributed by atoms with van der Waals surface area (Å²) in [5, 5.41) is 0. The Morgan fingerprint density at radius 2 is 1.25 bits per heavy atom. The second-order valence-electron chi connectivity index (χ2n) is 8.07. The van der Waals surface area contributed by atoms with E-state index in [4.69, 9.17) is 4.74 Å². The Hall–Kier alpha value is -3.65. The van der Waals surface area contributed by atoms with Gasteiger partial charge in [-0.05, 0) is 64.4 Å². The SMILES string of the molecule is CC(Cc1ccc(/C=C/c2ccc(OCc3ccc(F)cc3)cc2)cc1)c1ccccc1. The Kier molecular flexibility index (Phi) is 7.14. The van der Waals surface area contributed by atoms with E-state index in [-0.39, 0.29) is 5.82 Å². The molecule has 0 fully saturated rings. The van der Waals surface area contributed by atoms with Crippen LogP contribution in [0.25, 0.3) is 12.2 Å². The Morgan fingerprint density at radius 3 is 1.88 bits per heavy atom. The van der Waals surface area contributed by atoms with Crippen LogP contribution < -0.4 is 4.74 Å². The molecule has 0 saturated carbocycles. The lowest BCUT2D eigenvalue weighted by Crippen LogP contribution is -1.98. The molecule has 0 amide bonds. The lowest BCUT2D eigenvalue weighted by Gasteiger charge is -2.12. The molecule has 0 aliphatic heterocycles. The van der Waals surface area contributed by atoms with E-state index in [1.807, 2.05) is 24.3 Å². The van der Waals surface area contributed by atoms with Crippen molar-refractivity contribution in [1.29, 1.82) is 0 Å². The minimum absolute atomic E-state index is 0.235. The summed E-state index contributed by atoms with van der Waals surface area (Å²) < 4.78 is 18.8. The standard InChI is InChI=1S/C30H27FO/c1-23(28-5-3-2-4-6-28)21-26-11-9-24(10-12-26)7-8-25-15-19-30(20-16-25)32-22-27-13-17-29(31)18-14-27/h2-20,23H,21-22H2,1H3/b8-7+. The molecule has 0 bridgehead atoms. The molecule has 1 unspecified atom stereocenters. The van der Waals surface area contributed by atoms with Crippen molar-refractivity contribution in [3.63, 3.8) is 0 Å². The van der Waals surface area contributed by atoms with Gasteiger partial charge >= 0.3 is 0 Å². The first-order chi connectivity index (χ1) is 15.7. The van der Waals surface area contributed by atoms with Gasteiger partial charge in [-0.15, -0.1) is 0 Å². The molecule has 32 heavy (non-hydrogen) atoms. The first-order valence-electron chi connectivity index (χ1n) is 10.9. The van der Waals surface area contributed by atoms with Gasteiger partial charge in [0.25, 0.3) is 0 Å². The summed E-state index contributed by atoms with van der Waals surface area (Å²) in [6.45, 7) is 2.70. The van der Waals surface area contributed by atoms with Crippen molar-refractivity contribution >= 4 is 12.2 Å². The minimum Gasteiger partial charge on any atom is -0.489 e. The molecule has 1 nitrogen and oxygen atoms in total. The molecule has 0 radical (unpaired) electrons. The molecule has 0 saturated heterocycles. The van der Waals surface area contributed by atoms with Crippen molar-refractivity contribution in [3.05, 3.63) is 137 Å². The lowest BCUT2D eigenvalue weighted by molar-refractivity contribution is 0.306. The smallest absolute Gasteiger partial charge is 0.123 e. The molecule has 4 aromatic carbocycles. The first kappa shape index (κ1) is 21.6. The molecule has 0 aliphatic carbocycles. The average molecular weight is 423 g/mol. The number of hydrogen-bond acceptors (Lipinski definition) is 1. The minimum atomic E-state index is -0.235. The van der Waals surface area contributed by atoms with Crippen LogP contribution in [-0.4, -0.2) is 0 Å². The molecule has 0 N–H and O–H groups in total. The number of benzene rings is 4. The van der Waals surface area contributed by atoms with E-state index < -0.39 is 0 Å². The van der Waals surface area contributed by atoms with E-state index in [9.17, 15) is 4.39 Å². The summed E-state index contributed by atoms with van der Waals surface area (Å²) in [7, 11) is 0. The molecule has 0 spiro atoms. The zero-order chi connectivity index (χ0) is 22.2. The predicted octanol–water partition coefficient (Wildman–Crippen LogP) is 7.92. The molecule has 0 aliphatic rings. The number of halogens is 1. The zero-order valence-corrected chi connectivity index (χ0v) is 18.2. The fraction of sp³-hybridized carbons (Fsp3) is 0.133. The van der Waals surface area contributed by atoms with Gasteiger partial charge in [-0.1, -0.05) is 97.9 Å². The number of hydrogen-bond donors (Lipinski definition) is 0. The Morgan fingerprint density at radius 1 is 0.688 bits per heavy atom. The van der Waals surface area contributed by atoms with Crippen LogP contribution in [0.4, 0.5) is 4.39 Å². The van der Waals surface area contributed by atoms with E-state index >= 15 is 0 Å². The lowest BCUT2D eigenvalue weighted by atomic mass is 9.93. The van der Waals surface area contributed by atoms with E-state index in [2.05, 4.69) is 73.7 Å². The first-order valence-corrected chi connectivity index (χ1v) is 10.9. The van der Waals surface area contributed by atoms with Crippen LogP contribution in [0.1, 0.15) is 40.7 Å². The Labute approximate surface area is 189 Å². The number of rotatable bonds is 8. The summed E-state index contributed by atoms with van der Waals surface area (Å²) in [4.78, 5) is 0. The molecule has 4 rings (SSSR count). The fourth-order valence-electron chi connectivity index (χ4n) is 3.63. The third-order valence-electron chi connectivity index (χ3n) is 5.56. The van der Waals surface area contributed by atoms with Gasteiger partial charge in [0.1, 0.15) is 18.2 Å². The second-order valence-corrected chi connectivity index (χ2v) is 8.07. The maximum absolute atomic E-state index is 13.0. The van der Waals surface area contributed by atoms with Gasteiger partial charge < -0.3 is 4.74 Å². The molecule has 2 heteroatoms. The maximum atomic E-state index is 13.0. The van der Waals surface area contributed by atoms with E-state index in [1.54, 1.807) is 12.1 Å². The van der Waals surface area contributed by atoms with Crippen LogP contribution in [0.3, 0.4) is 0 Å². The summed E-state index contributed by atoms with van der Waals surface area (Å²) in [5.74, 6) is 1.06. The molecular weight excluding hydrogens is 395 g/mol. The Bertz CT molecular complexity index is 1130. The maximum Gasteiger partial charge on any atom is 0.123 e. The third kappa shape index (κ3) is 6.18. The molecule has 1 atom stereocenters. The predicted molar refractivity (Wildman–Crippen MR) is 131 cm³/mol. The van der Waals surface area contributed by atoms with Gasteiger partial charge in [-0.25, -0.2) is 4.39 Å². The van der Waals surface area contributed by atoms with Gasteiger partial charge in [-0.3, -0.25) is 0 Å². The molecule has 0 heterocycles. The highest BCUT2D eigenvalue weighted by molar-refractivity contribution is 5.69. The van der Waals surface area contributed by atoms with Crippen LogP contribution in [-0.2, 0) is 13.0 Å². The van der Waals surface area contributed by atoms with Crippen molar-refractivity contribution in [2.75, 3.05) is 0 Å². The van der Waals surface area contributed by atoms with Crippen LogP contribution in [0.15, 0.2) is 103 Å². The van der Waals surface area contributed by atoms with E-state index in [0.717, 1.165) is 23.3 Å². The van der Waals surface area contributed by atoms with E-state index in [1.165, 1.54) is 28.8 Å². The highest BCUT2D eigenvalue weighted by Gasteiger charge is 2.06. The molecule has 0 aromatic heterocycles. The summed E-state index contributed by atoms with van der Waals surface area (Å²) >= 11 is 0. The fourth-order valence-corrected chi connectivity index (χ4v) is 3.63. The topological polar surface area (TPSA) is 9.23 Å². The van der Waals surface area contributed by atoms with Gasteiger partial charge in [0.2, 0.25) is 0 Å². The highest BCUT2D eigenvalue weighted by Crippen LogP contribution is 2.21. The molecule has 4 aromatic rings. The van der Waals surface area contributed by atoms with Crippen molar-refractivity contribution in [1.82, 2.24) is 0 Å². The molecular formula is C30H27FO. The third-order valence-corrected chi connectivity index (χ3v) is 5.56. The van der Waals surface area contributed by atoms with Gasteiger partial charge in [0.05, 0.1) is 0 Å². The van der Waals surface area contributed by atoms with Crippen molar-refractivity contribution in [2.24, 2.45) is 0 Å². The largest absolute Gasteiger partial charge is 0.489 e. The van der Waals surface area contributed by atoms with Gasteiger partial charge in [-0.2, -0.15) is 0 Å². The van der Waals surface area contributed by atoms with Gasteiger partial charge in [0.15, 0.2) is 0 Å². The second kappa shape index (κ2) is 10.6. The monoisotopic (exact) mass is 422 g/mol. The van der Waals surface area contributed by atoms with Crippen molar-refractivity contribution in [3.8, 4) is 5.75 Å². The number of ether oxygens (including phenoxy) is 1. The zero-order valence-electron chi connectivity index (χ0n) is 18.2. The average Bonchev–Trinajstić information content (AvgIpc) is 2.84. The highest BCUT2D eigenvalue weighted by atomic mass is 19.1. The van der Waals surface area contributed by atoms with E-state index in [0.29, 0.717) is 12.5 Å². The van der Waals surface area contributed by atoms with Crippen LogP contribution >= 0.6 is 0 Å². The molecule has 160 valence electrons. The summed E-state index contributed by atoms with van der Waals surface area (Å²) in [6.07, 6.45) is 5.26. The van der Waals surface area contributed by atoms with Crippen LogP contribution in [0, 0.1) is 5.82 Å². The quantitative estimate of drug-likeness (QED) is 0.262.